The van der Waals surface area contributed by atoms with Crippen LogP contribution < -0.4 is 0 Å². The van der Waals surface area contributed by atoms with Crippen LogP contribution in [0.3, 0.4) is 0 Å². The van der Waals surface area contributed by atoms with Gasteiger partial charge in [0.25, 0.3) is 0 Å². The third kappa shape index (κ3) is 2.68. The van der Waals surface area contributed by atoms with Crippen molar-refractivity contribution in [1.82, 2.24) is 15.0 Å². The normalized spacial score (nSPS) is 18.4. The highest BCUT2D eigenvalue weighted by Gasteiger charge is 2.23. The summed E-state index contributed by atoms with van der Waals surface area (Å²) < 4.78 is 5.43. The summed E-state index contributed by atoms with van der Waals surface area (Å²) in [7, 11) is 0. The van der Waals surface area contributed by atoms with E-state index >= 15 is 0 Å². The number of benzene rings is 1. The van der Waals surface area contributed by atoms with Crippen LogP contribution in [-0.2, 0) is 0 Å². The zero-order valence-electron chi connectivity index (χ0n) is 11.2. The molecule has 0 bridgehead atoms. The molecule has 1 fully saturated rings. The molecular weight excluding hydrogens is 238 g/mol. The van der Waals surface area contributed by atoms with Gasteiger partial charge in [0.05, 0.1) is 6.04 Å². The summed E-state index contributed by atoms with van der Waals surface area (Å²) in [6, 6.07) is 10.2. The zero-order chi connectivity index (χ0) is 13.1. The van der Waals surface area contributed by atoms with E-state index in [0.717, 1.165) is 24.5 Å². The van der Waals surface area contributed by atoms with E-state index in [4.69, 9.17) is 4.52 Å². The Labute approximate surface area is 113 Å². The minimum Gasteiger partial charge on any atom is -0.337 e. The van der Waals surface area contributed by atoms with Gasteiger partial charge in [-0.3, -0.25) is 4.90 Å². The maximum atomic E-state index is 5.43. The second kappa shape index (κ2) is 5.53. The van der Waals surface area contributed by atoms with Gasteiger partial charge < -0.3 is 4.52 Å². The summed E-state index contributed by atoms with van der Waals surface area (Å²) in [6.45, 7) is 4.40. The topological polar surface area (TPSA) is 42.2 Å². The van der Waals surface area contributed by atoms with E-state index in [2.05, 4.69) is 22.0 Å². The van der Waals surface area contributed by atoms with E-state index in [1.54, 1.807) is 0 Å². The molecular formula is C15H19N3O. The van der Waals surface area contributed by atoms with Gasteiger partial charge in [-0.25, -0.2) is 0 Å². The number of likely N-dealkylation sites (tertiary alicyclic amines) is 1. The Kier molecular flexibility index (Phi) is 3.60. The monoisotopic (exact) mass is 257 g/mol. The van der Waals surface area contributed by atoms with Crippen molar-refractivity contribution in [3.63, 3.8) is 0 Å². The van der Waals surface area contributed by atoms with Crippen molar-refractivity contribution in [3.05, 3.63) is 36.2 Å². The number of nitrogens with zero attached hydrogens (tertiary/aromatic N) is 3. The van der Waals surface area contributed by atoms with Gasteiger partial charge in [0.15, 0.2) is 0 Å². The van der Waals surface area contributed by atoms with Gasteiger partial charge in [-0.15, -0.1) is 0 Å². The molecule has 1 aliphatic heterocycles. The molecule has 0 unspecified atom stereocenters. The van der Waals surface area contributed by atoms with Gasteiger partial charge in [-0.05, 0) is 32.9 Å². The number of hydrogen-bond donors (Lipinski definition) is 0. The fraction of sp³-hybridized carbons (Fsp3) is 0.467. The largest absolute Gasteiger partial charge is 0.337 e. The molecule has 0 aliphatic carbocycles. The van der Waals surface area contributed by atoms with Crippen LogP contribution in [0.5, 0.6) is 0 Å². The Balaban J connectivity index is 1.77. The van der Waals surface area contributed by atoms with E-state index < -0.39 is 0 Å². The highest BCUT2D eigenvalue weighted by Crippen LogP contribution is 2.24. The quantitative estimate of drug-likeness (QED) is 0.846. The van der Waals surface area contributed by atoms with Crippen LogP contribution >= 0.6 is 0 Å². The lowest BCUT2D eigenvalue weighted by Gasteiger charge is -2.29. The van der Waals surface area contributed by atoms with Gasteiger partial charge >= 0.3 is 0 Å². The summed E-state index contributed by atoms with van der Waals surface area (Å²) >= 11 is 0. The van der Waals surface area contributed by atoms with Crippen molar-refractivity contribution >= 4 is 0 Å². The van der Waals surface area contributed by atoms with E-state index in [9.17, 15) is 0 Å². The molecule has 0 saturated carbocycles. The van der Waals surface area contributed by atoms with E-state index in [0.29, 0.717) is 5.82 Å². The molecule has 4 nitrogen and oxygen atoms in total. The Morgan fingerprint density at radius 3 is 2.58 bits per heavy atom. The molecule has 1 atom stereocenters. The Morgan fingerprint density at radius 2 is 1.84 bits per heavy atom. The van der Waals surface area contributed by atoms with Gasteiger partial charge in [-0.2, -0.15) is 4.98 Å². The molecule has 0 spiro atoms. The molecule has 1 aliphatic rings. The first kappa shape index (κ1) is 12.4. The summed E-state index contributed by atoms with van der Waals surface area (Å²) in [5.74, 6) is 1.40. The number of aromatic nitrogens is 2. The van der Waals surface area contributed by atoms with Crippen molar-refractivity contribution in [2.45, 2.75) is 32.2 Å². The molecule has 0 N–H and O–H groups in total. The predicted octanol–water partition coefficient (Wildman–Crippen LogP) is 3.28. The lowest BCUT2D eigenvalue weighted by molar-refractivity contribution is 0.146. The van der Waals surface area contributed by atoms with E-state index in [-0.39, 0.29) is 6.04 Å². The zero-order valence-corrected chi connectivity index (χ0v) is 11.2. The van der Waals surface area contributed by atoms with Gasteiger partial charge in [0, 0.05) is 5.56 Å². The van der Waals surface area contributed by atoms with Crippen molar-refractivity contribution in [1.29, 1.82) is 0 Å². The highest BCUT2D eigenvalue weighted by atomic mass is 16.5. The minimum atomic E-state index is 0.213. The van der Waals surface area contributed by atoms with Crippen LogP contribution in [0.2, 0.25) is 0 Å². The average molecular weight is 257 g/mol. The Hall–Kier alpha value is -1.68. The third-order valence-corrected chi connectivity index (χ3v) is 3.77. The number of piperidine rings is 1. The third-order valence-electron chi connectivity index (χ3n) is 3.77. The number of hydrogen-bond acceptors (Lipinski definition) is 4. The van der Waals surface area contributed by atoms with Crippen LogP contribution in [0.4, 0.5) is 0 Å². The second-order valence-electron chi connectivity index (χ2n) is 5.09. The van der Waals surface area contributed by atoms with Gasteiger partial charge in [0.2, 0.25) is 11.7 Å². The molecule has 0 radical (unpaired) electrons. The smallest absolute Gasteiger partial charge is 0.244 e. The van der Waals surface area contributed by atoms with E-state index in [1.807, 2.05) is 30.3 Å². The SMILES string of the molecule is C[C@H](c1nc(-c2ccccc2)no1)N1CCCCC1. The summed E-state index contributed by atoms with van der Waals surface area (Å²) in [4.78, 5) is 6.96. The molecule has 0 amide bonds. The summed E-state index contributed by atoms with van der Waals surface area (Å²) in [6.07, 6.45) is 3.87. The van der Waals surface area contributed by atoms with E-state index in [1.165, 1.54) is 19.3 Å². The standard InChI is InChI=1S/C15H19N3O/c1-12(18-10-6-3-7-11-18)15-16-14(17-19-15)13-8-4-2-5-9-13/h2,4-5,8-9,12H,3,6-7,10-11H2,1H3/t12-/m1/s1. The minimum absolute atomic E-state index is 0.213. The first-order valence-electron chi connectivity index (χ1n) is 6.97. The first-order valence-corrected chi connectivity index (χ1v) is 6.97. The Morgan fingerprint density at radius 1 is 1.11 bits per heavy atom. The fourth-order valence-corrected chi connectivity index (χ4v) is 2.57. The maximum Gasteiger partial charge on any atom is 0.244 e. The molecule has 1 aromatic carbocycles. The van der Waals surface area contributed by atoms with Crippen LogP contribution in [0.1, 0.15) is 38.1 Å². The number of rotatable bonds is 3. The molecule has 1 saturated heterocycles. The Bertz CT molecular complexity index is 517. The molecule has 3 rings (SSSR count). The van der Waals surface area contributed by atoms with Gasteiger partial charge in [-0.1, -0.05) is 41.9 Å². The van der Waals surface area contributed by atoms with Crippen LogP contribution in [-0.4, -0.2) is 28.1 Å². The lowest BCUT2D eigenvalue weighted by atomic mass is 10.1. The molecule has 1 aromatic heterocycles. The van der Waals surface area contributed by atoms with Gasteiger partial charge in [0.1, 0.15) is 0 Å². The maximum absolute atomic E-state index is 5.43. The van der Waals surface area contributed by atoms with Crippen molar-refractivity contribution in [2.75, 3.05) is 13.1 Å². The van der Waals surface area contributed by atoms with Crippen LogP contribution in [0.15, 0.2) is 34.9 Å². The fourth-order valence-electron chi connectivity index (χ4n) is 2.57. The molecule has 100 valence electrons. The van der Waals surface area contributed by atoms with Crippen molar-refractivity contribution in [2.24, 2.45) is 0 Å². The lowest BCUT2D eigenvalue weighted by Crippen LogP contribution is -2.32. The first-order chi connectivity index (χ1) is 9.34. The molecule has 2 heterocycles. The molecule has 19 heavy (non-hydrogen) atoms. The predicted molar refractivity (Wildman–Crippen MR) is 73.6 cm³/mol. The van der Waals surface area contributed by atoms with Crippen LogP contribution in [0, 0.1) is 0 Å². The molecule has 2 aromatic rings. The van der Waals surface area contributed by atoms with Crippen molar-refractivity contribution in [3.8, 4) is 11.4 Å². The summed E-state index contributed by atoms with van der Waals surface area (Å²) in [5.41, 5.74) is 1.00. The highest BCUT2D eigenvalue weighted by molar-refractivity contribution is 5.53. The summed E-state index contributed by atoms with van der Waals surface area (Å²) in [5, 5.41) is 4.09. The average Bonchev–Trinajstić information content (AvgIpc) is 2.98. The van der Waals surface area contributed by atoms with Crippen LogP contribution in [0.25, 0.3) is 11.4 Å². The molecule has 4 heteroatoms. The van der Waals surface area contributed by atoms with Crippen molar-refractivity contribution < 1.29 is 4.52 Å². The second-order valence-corrected chi connectivity index (χ2v) is 5.09.